The van der Waals surface area contributed by atoms with Crippen LogP contribution in [-0.2, 0) is 11.3 Å². The fourth-order valence-corrected chi connectivity index (χ4v) is 2.44. The third kappa shape index (κ3) is 2.79. The Bertz CT molecular complexity index is 359. The van der Waals surface area contributed by atoms with Gasteiger partial charge in [-0.1, -0.05) is 12.1 Å². The molecule has 0 bridgehead atoms. The minimum absolute atomic E-state index is 0.598. The first-order valence-corrected chi connectivity index (χ1v) is 6.31. The molecule has 1 aromatic carbocycles. The van der Waals surface area contributed by atoms with Crippen molar-refractivity contribution >= 4 is 0 Å². The van der Waals surface area contributed by atoms with Gasteiger partial charge in [-0.2, -0.15) is 0 Å². The summed E-state index contributed by atoms with van der Waals surface area (Å²) in [6.45, 7) is 5.57. The molecule has 0 unspecified atom stereocenters. The summed E-state index contributed by atoms with van der Waals surface area (Å²) >= 11 is 0. The molecular formula is C14H21NO2. The van der Waals surface area contributed by atoms with Gasteiger partial charge < -0.3 is 14.8 Å². The van der Waals surface area contributed by atoms with Crippen LogP contribution in [-0.4, -0.2) is 26.8 Å². The quantitative estimate of drug-likeness (QED) is 0.849. The highest BCUT2D eigenvalue weighted by Gasteiger charge is 2.21. The summed E-state index contributed by atoms with van der Waals surface area (Å²) < 4.78 is 11.0. The summed E-state index contributed by atoms with van der Waals surface area (Å²) in [7, 11) is 1.72. The highest BCUT2D eigenvalue weighted by molar-refractivity contribution is 5.42. The Hall–Kier alpha value is -1.06. The Morgan fingerprint density at radius 2 is 2.29 bits per heavy atom. The van der Waals surface area contributed by atoms with Gasteiger partial charge >= 0.3 is 0 Å². The lowest BCUT2D eigenvalue weighted by atomic mass is 9.93. The Balaban J connectivity index is 2.27. The first kappa shape index (κ1) is 12.4. The molecule has 1 aliphatic heterocycles. The van der Waals surface area contributed by atoms with E-state index < -0.39 is 0 Å². The fourth-order valence-electron chi connectivity index (χ4n) is 2.44. The lowest BCUT2D eigenvalue weighted by Crippen LogP contribution is -2.10. The molecule has 1 saturated heterocycles. The molecule has 3 nitrogen and oxygen atoms in total. The third-order valence-corrected chi connectivity index (χ3v) is 3.34. The lowest BCUT2D eigenvalue weighted by molar-refractivity contribution is 0.131. The van der Waals surface area contributed by atoms with Crippen molar-refractivity contribution in [3.8, 4) is 5.75 Å². The SMILES string of the molecule is CCOCc1c(OC)cccc1[C@H]1CCNC1. The molecule has 0 radical (unpaired) electrons. The van der Waals surface area contributed by atoms with Gasteiger partial charge in [-0.05, 0) is 37.4 Å². The van der Waals surface area contributed by atoms with E-state index in [1.807, 2.05) is 13.0 Å². The van der Waals surface area contributed by atoms with Crippen molar-refractivity contribution in [2.75, 3.05) is 26.8 Å². The van der Waals surface area contributed by atoms with Crippen LogP contribution in [0.15, 0.2) is 18.2 Å². The molecule has 17 heavy (non-hydrogen) atoms. The molecule has 1 N–H and O–H groups in total. The van der Waals surface area contributed by atoms with Gasteiger partial charge in [0.05, 0.1) is 13.7 Å². The zero-order valence-electron chi connectivity index (χ0n) is 10.7. The standard InChI is InChI=1S/C14H21NO2/c1-3-17-10-13-12(11-7-8-15-9-11)5-4-6-14(13)16-2/h4-6,11,15H,3,7-10H2,1-2H3/t11-/m0/s1. The van der Waals surface area contributed by atoms with Gasteiger partial charge in [0.2, 0.25) is 0 Å². The second-order valence-corrected chi connectivity index (χ2v) is 4.35. The van der Waals surface area contributed by atoms with Gasteiger partial charge in [-0.3, -0.25) is 0 Å². The highest BCUT2D eigenvalue weighted by Crippen LogP contribution is 2.31. The smallest absolute Gasteiger partial charge is 0.124 e. The topological polar surface area (TPSA) is 30.5 Å². The summed E-state index contributed by atoms with van der Waals surface area (Å²) in [5.74, 6) is 1.54. The van der Waals surface area contributed by atoms with Gasteiger partial charge in [0.25, 0.3) is 0 Å². The number of nitrogens with one attached hydrogen (secondary N) is 1. The average Bonchev–Trinajstić information content (AvgIpc) is 2.89. The lowest BCUT2D eigenvalue weighted by Gasteiger charge is -2.17. The Labute approximate surface area is 103 Å². The van der Waals surface area contributed by atoms with Crippen molar-refractivity contribution in [2.24, 2.45) is 0 Å². The summed E-state index contributed by atoms with van der Waals surface area (Å²) in [5, 5.41) is 3.41. The van der Waals surface area contributed by atoms with E-state index in [1.165, 1.54) is 17.5 Å². The monoisotopic (exact) mass is 235 g/mol. The van der Waals surface area contributed by atoms with E-state index in [2.05, 4.69) is 17.4 Å². The Kier molecular flexibility index (Phi) is 4.40. The summed E-state index contributed by atoms with van der Waals surface area (Å²) in [6.07, 6.45) is 1.20. The summed E-state index contributed by atoms with van der Waals surface area (Å²) in [4.78, 5) is 0. The zero-order chi connectivity index (χ0) is 12.1. The van der Waals surface area contributed by atoms with Crippen LogP contribution in [0.4, 0.5) is 0 Å². The van der Waals surface area contributed by atoms with Crippen molar-refractivity contribution < 1.29 is 9.47 Å². The number of benzene rings is 1. The summed E-state index contributed by atoms with van der Waals surface area (Å²) in [6, 6.07) is 6.29. The second kappa shape index (κ2) is 6.03. The maximum atomic E-state index is 5.56. The Morgan fingerprint density at radius 3 is 2.94 bits per heavy atom. The van der Waals surface area contributed by atoms with E-state index in [-0.39, 0.29) is 0 Å². The highest BCUT2D eigenvalue weighted by atomic mass is 16.5. The van der Waals surface area contributed by atoms with E-state index in [1.54, 1.807) is 7.11 Å². The molecule has 3 heteroatoms. The number of ether oxygens (including phenoxy) is 2. The van der Waals surface area contributed by atoms with Gasteiger partial charge in [0.1, 0.15) is 5.75 Å². The number of hydrogen-bond acceptors (Lipinski definition) is 3. The average molecular weight is 235 g/mol. The maximum absolute atomic E-state index is 5.56. The van der Waals surface area contributed by atoms with Crippen LogP contribution in [0, 0.1) is 0 Å². The molecule has 0 spiro atoms. The first-order chi connectivity index (χ1) is 8.36. The summed E-state index contributed by atoms with van der Waals surface area (Å²) in [5.41, 5.74) is 2.59. The Morgan fingerprint density at radius 1 is 1.41 bits per heavy atom. The molecule has 1 fully saturated rings. The van der Waals surface area contributed by atoms with Crippen LogP contribution in [0.5, 0.6) is 5.75 Å². The van der Waals surface area contributed by atoms with Crippen LogP contribution in [0.1, 0.15) is 30.4 Å². The predicted molar refractivity (Wildman–Crippen MR) is 68.6 cm³/mol. The van der Waals surface area contributed by atoms with Gasteiger partial charge in [0.15, 0.2) is 0 Å². The van der Waals surface area contributed by atoms with Crippen molar-refractivity contribution in [3.63, 3.8) is 0 Å². The maximum Gasteiger partial charge on any atom is 0.124 e. The van der Waals surface area contributed by atoms with Crippen LogP contribution < -0.4 is 10.1 Å². The second-order valence-electron chi connectivity index (χ2n) is 4.35. The van der Waals surface area contributed by atoms with Crippen molar-refractivity contribution in [1.82, 2.24) is 5.32 Å². The van der Waals surface area contributed by atoms with E-state index in [0.29, 0.717) is 12.5 Å². The normalized spacial score (nSPS) is 19.5. The molecule has 2 rings (SSSR count). The van der Waals surface area contributed by atoms with Gasteiger partial charge in [-0.15, -0.1) is 0 Å². The molecule has 1 aliphatic rings. The zero-order valence-corrected chi connectivity index (χ0v) is 10.7. The molecule has 1 aromatic rings. The van der Waals surface area contributed by atoms with E-state index in [0.717, 1.165) is 25.4 Å². The van der Waals surface area contributed by atoms with Crippen LogP contribution in [0.3, 0.4) is 0 Å². The molecule has 0 saturated carbocycles. The molecule has 0 aliphatic carbocycles. The van der Waals surface area contributed by atoms with Gasteiger partial charge in [0, 0.05) is 18.7 Å². The minimum atomic E-state index is 0.598. The van der Waals surface area contributed by atoms with Crippen LogP contribution >= 0.6 is 0 Å². The molecule has 0 aromatic heterocycles. The van der Waals surface area contributed by atoms with Crippen LogP contribution in [0.2, 0.25) is 0 Å². The molecule has 94 valence electrons. The number of methoxy groups -OCH3 is 1. The fraction of sp³-hybridized carbons (Fsp3) is 0.571. The third-order valence-electron chi connectivity index (χ3n) is 3.34. The van der Waals surface area contributed by atoms with E-state index in [4.69, 9.17) is 9.47 Å². The van der Waals surface area contributed by atoms with E-state index in [9.17, 15) is 0 Å². The number of rotatable bonds is 5. The van der Waals surface area contributed by atoms with Crippen molar-refractivity contribution in [3.05, 3.63) is 29.3 Å². The molecule has 1 heterocycles. The van der Waals surface area contributed by atoms with E-state index >= 15 is 0 Å². The van der Waals surface area contributed by atoms with Crippen molar-refractivity contribution in [1.29, 1.82) is 0 Å². The first-order valence-electron chi connectivity index (χ1n) is 6.31. The number of hydrogen-bond donors (Lipinski definition) is 1. The van der Waals surface area contributed by atoms with Gasteiger partial charge in [-0.25, -0.2) is 0 Å². The molecule has 0 amide bonds. The largest absolute Gasteiger partial charge is 0.496 e. The minimum Gasteiger partial charge on any atom is -0.496 e. The predicted octanol–water partition coefficient (Wildman–Crippen LogP) is 2.31. The van der Waals surface area contributed by atoms with Crippen molar-refractivity contribution in [2.45, 2.75) is 25.9 Å². The molecular weight excluding hydrogens is 214 g/mol. The molecule has 1 atom stereocenters. The van der Waals surface area contributed by atoms with Crippen LogP contribution in [0.25, 0.3) is 0 Å².